The normalized spacial score (nSPS) is 12.8. The Bertz CT molecular complexity index is 633. The zero-order valence-corrected chi connectivity index (χ0v) is 16.0. The molecule has 9 heteroatoms. The predicted molar refractivity (Wildman–Crippen MR) is 103 cm³/mol. The molecule has 7 N–H and O–H groups in total. The molecule has 4 amide bonds. The molecule has 0 aliphatic rings. The molecule has 0 unspecified atom stereocenters. The van der Waals surface area contributed by atoms with Crippen LogP contribution < -0.4 is 32.2 Å². The molecule has 9 nitrogen and oxygen atoms in total. The van der Waals surface area contributed by atoms with Gasteiger partial charge in [0.05, 0.1) is 13.2 Å². The average Bonchev–Trinajstić information content (AvgIpc) is 2.63. The molecule has 1 rings (SSSR count). The smallest absolute Gasteiger partial charge is 0.312 e. The number of hydrogen-bond donors (Lipinski definition) is 5. The zero-order valence-electron chi connectivity index (χ0n) is 16.0. The lowest BCUT2D eigenvalue weighted by atomic mass is 10.0. The number of rotatable bonds is 10. The van der Waals surface area contributed by atoms with Crippen molar-refractivity contribution in [1.82, 2.24) is 10.6 Å². The minimum Gasteiger partial charge on any atom is -0.497 e. The Hall–Kier alpha value is -2.81. The first kappa shape index (κ1) is 22.2. The lowest BCUT2D eigenvalue weighted by molar-refractivity contribution is -0.128. The van der Waals surface area contributed by atoms with Gasteiger partial charge in [0.2, 0.25) is 11.8 Å². The van der Waals surface area contributed by atoms with Crippen LogP contribution in [0.3, 0.4) is 0 Å². The van der Waals surface area contributed by atoms with Crippen LogP contribution in [0, 0.1) is 5.92 Å². The molecule has 0 spiro atoms. The van der Waals surface area contributed by atoms with Crippen LogP contribution in [0.25, 0.3) is 0 Å². The third-order valence-electron chi connectivity index (χ3n) is 3.98. The van der Waals surface area contributed by atoms with Gasteiger partial charge in [-0.2, -0.15) is 0 Å². The van der Waals surface area contributed by atoms with E-state index in [9.17, 15) is 14.4 Å². The molecule has 0 radical (unpaired) electrons. The van der Waals surface area contributed by atoms with E-state index < -0.39 is 24.0 Å². The Kier molecular flexibility index (Phi) is 9.07. The maximum atomic E-state index is 12.6. The largest absolute Gasteiger partial charge is 0.497 e. The minimum absolute atomic E-state index is 0.0631. The van der Waals surface area contributed by atoms with Gasteiger partial charge in [-0.25, -0.2) is 4.79 Å². The molecular formula is C18H29N5O4. The van der Waals surface area contributed by atoms with Gasteiger partial charge in [0.25, 0.3) is 0 Å². The van der Waals surface area contributed by atoms with Crippen LogP contribution in [-0.4, -0.2) is 43.6 Å². The van der Waals surface area contributed by atoms with E-state index in [2.05, 4.69) is 16.0 Å². The molecular weight excluding hydrogens is 350 g/mol. The van der Waals surface area contributed by atoms with Crippen LogP contribution in [-0.2, 0) is 9.59 Å². The first-order valence-electron chi connectivity index (χ1n) is 8.78. The Morgan fingerprint density at radius 2 is 1.74 bits per heavy atom. The van der Waals surface area contributed by atoms with E-state index in [1.807, 2.05) is 13.8 Å². The molecule has 0 saturated heterocycles. The molecule has 0 aliphatic heterocycles. The van der Waals surface area contributed by atoms with Crippen LogP contribution in [0.2, 0.25) is 0 Å². The summed E-state index contributed by atoms with van der Waals surface area (Å²) in [6.07, 6.45) is 0.777. The summed E-state index contributed by atoms with van der Waals surface area (Å²) in [6, 6.07) is 4.68. The van der Waals surface area contributed by atoms with Crippen LogP contribution >= 0.6 is 0 Å². The van der Waals surface area contributed by atoms with Gasteiger partial charge < -0.3 is 32.2 Å². The van der Waals surface area contributed by atoms with Crippen molar-refractivity contribution >= 4 is 23.5 Å². The average molecular weight is 379 g/mol. The molecule has 2 atom stereocenters. The predicted octanol–water partition coefficient (Wildman–Crippen LogP) is 0.550. The van der Waals surface area contributed by atoms with Crippen molar-refractivity contribution in [2.75, 3.05) is 19.0 Å². The number of carbonyl (C=O) groups excluding carboxylic acids is 3. The number of amides is 4. The number of nitrogens with one attached hydrogen (secondary N) is 3. The molecule has 0 aromatic heterocycles. The summed E-state index contributed by atoms with van der Waals surface area (Å²) in [5, 5.41) is 7.89. The van der Waals surface area contributed by atoms with E-state index in [1.165, 1.54) is 0 Å². The summed E-state index contributed by atoms with van der Waals surface area (Å²) in [4.78, 5) is 35.6. The van der Waals surface area contributed by atoms with Crippen molar-refractivity contribution in [3.8, 4) is 5.75 Å². The number of primary amides is 1. The van der Waals surface area contributed by atoms with Crippen LogP contribution in [0.5, 0.6) is 5.75 Å². The molecule has 0 aliphatic carbocycles. The van der Waals surface area contributed by atoms with Gasteiger partial charge >= 0.3 is 6.03 Å². The van der Waals surface area contributed by atoms with Crippen LogP contribution in [0.4, 0.5) is 10.5 Å². The van der Waals surface area contributed by atoms with E-state index in [0.29, 0.717) is 30.8 Å². The van der Waals surface area contributed by atoms with E-state index in [-0.39, 0.29) is 11.8 Å². The molecule has 27 heavy (non-hydrogen) atoms. The van der Waals surface area contributed by atoms with Crippen LogP contribution in [0.15, 0.2) is 24.3 Å². The number of anilines is 1. The SMILES string of the molecule is COc1ccc(NC(=O)[C@H](CCCNC(N)=O)NC(=O)[C@@H](N)C(C)C)cc1. The molecule has 1 aromatic carbocycles. The minimum atomic E-state index is -0.793. The molecule has 0 heterocycles. The Labute approximate surface area is 159 Å². The van der Waals surface area contributed by atoms with E-state index in [1.54, 1.807) is 31.4 Å². The molecule has 0 bridgehead atoms. The summed E-state index contributed by atoms with van der Waals surface area (Å²) in [6.45, 7) is 3.95. The third kappa shape index (κ3) is 7.95. The Morgan fingerprint density at radius 1 is 1.11 bits per heavy atom. The number of benzene rings is 1. The van der Waals surface area contributed by atoms with Crippen molar-refractivity contribution in [2.45, 2.75) is 38.8 Å². The topological polar surface area (TPSA) is 149 Å². The van der Waals surface area contributed by atoms with Crippen molar-refractivity contribution < 1.29 is 19.1 Å². The van der Waals surface area contributed by atoms with E-state index >= 15 is 0 Å². The first-order valence-corrected chi connectivity index (χ1v) is 8.78. The summed E-state index contributed by atoms with van der Waals surface area (Å²) in [5.74, 6) is -0.170. The quantitative estimate of drug-likeness (QED) is 0.376. The number of nitrogens with two attached hydrogens (primary N) is 2. The van der Waals surface area contributed by atoms with E-state index in [4.69, 9.17) is 16.2 Å². The molecule has 0 saturated carbocycles. The number of hydrogen-bond acceptors (Lipinski definition) is 5. The second-order valence-corrected chi connectivity index (χ2v) is 6.48. The Morgan fingerprint density at radius 3 is 2.26 bits per heavy atom. The second kappa shape index (κ2) is 11.0. The highest BCUT2D eigenvalue weighted by atomic mass is 16.5. The van der Waals surface area contributed by atoms with Gasteiger partial charge in [-0.05, 0) is 43.0 Å². The summed E-state index contributed by atoms with van der Waals surface area (Å²) in [5.41, 5.74) is 11.5. The highest BCUT2D eigenvalue weighted by Crippen LogP contribution is 2.15. The fourth-order valence-electron chi connectivity index (χ4n) is 2.26. The standard InChI is InChI=1S/C18H29N5O4/c1-11(2)15(19)17(25)23-14(5-4-10-21-18(20)26)16(24)22-12-6-8-13(27-3)9-7-12/h6-9,11,14-15H,4-5,10,19H2,1-3H3,(H,22,24)(H,23,25)(H3,20,21,26)/t14-,15-/m0/s1. The second-order valence-electron chi connectivity index (χ2n) is 6.48. The molecule has 1 aromatic rings. The number of carbonyl (C=O) groups is 3. The van der Waals surface area contributed by atoms with Gasteiger partial charge in [-0.15, -0.1) is 0 Å². The lowest BCUT2D eigenvalue weighted by Crippen LogP contribution is -2.51. The van der Waals surface area contributed by atoms with Gasteiger partial charge in [-0.1, -0.05) is 13.8 Å². The van der Waals surface area contributed by atoms with Gasteiger partial charge in [0, 0.05) is 12.2 Å². The summed E-state index contributed by atoms with van der Waals surface area (Å²) in [7, 11) is 1.55. The van der Waals surface area contributed by atoms with Crippen molar-refractivity contribution in [2.24, 2.45) is 17.4 Å². The highest BCUT2D eigenvalue weighted by Gasteiger charge is 2.25. The van der Waals surface area contributed by atoms with Gasteiger partial charge in [-0.3, -0.25) is 9.59 Å². The van der Waals surface area contributed by atoms with Crippen molar-refractivity contribution in [3.63, 3.8) is 0 Å². The fraction of sp³-hybridized carbons (Fsp3) is 0.500. The molecule has 0 fully saturated rings. The maximum absolute atomic E-state index is 12.6. The third-order valence-corrected chi connectivity index (χ3v) is 3.98. The lowest BCUT2D eigenvalue weighted by Gasteiger charge is -2.22. The number of urea groups is 1. The fourth-order valence-corrected chi connectivity index (χ4v) is 2.26. The maximum Gasteiger partial charge on any atom is 0.312 e. The van der Waals surface area contributed by atoms with E-state index in [0.717, 1.165) is 0 Å². The summed E-state index contributed by atoms with van der Waals surface area (Å²) < 4.78 is 5.08. The summed E-state index contributed by atoms with van der Waals surface area (Å²) >= 11 is 0. The zero-order chi connectivity index (χ0) is 20.4. The highest BCUT2D eigenvalue weighted by molar-refractivity contribution is 5.97. The van der Waals surface area contributed by atoms with Crippen molar-refractivity contribution in [1.29, 1.82) is 0 Å². The first-order chi connectivity index (χ1) is 12.7. The van der Waals surface area contributed by atoms with Gasteiger partial charge in [0.15, 0.2) is 0 Å². The Balaban J connectivity index is 2.75. The van der Waals surface area contributed by atoms with Crippen LogP contribution in [0.1, 0.15) is 26.7 Å². The number of methoxy groups -OCH3 is 1. The molecule has 150 valence electrons. The monoisotopic (exact) mass is 379 g/mol. The van der Waals surface area contributed by atoms with Gasteiger partial charge in [0.1, 0.15) is 11.8 Å². The van der Waals surface area contributed by atoms with Crippen molar-refractivity contribution in [3.05, 3.63) is 24.3 Å². The number of ether oxygens (including phenoxy) is 1.